The van der Waals surface area contributed by atoms with Gasteiger partial charge in [-0.2, -0.15) is 0 Å². The number of non-ortho nitro benzene ring substituents is 1. The number of nitro benzene ring substituents is 1. The van der Waals surface area contributed by atoms with E-state index in [1.807, 2.05) is 0 Å². The number of ether oxygens (including phenoxy) is 2. The number of aromatic nitrogens is 4. The number of rotatable bonds is 7. The number of methoxy groups -OCH3 is 1. The van der Waals surface area contributed by atoms with Gasteiger partial charge in [0, 0.05) is 24.1 Å². The summed E-state index contributed by atoms with van der Waals surface area (Å²) in [4.78, 5) is 23.4. The van der Waals surface area contributed by atoms with Crippen LogP contribution in [-0.4, -0.2) is 38.2 Å². The molecule has 3 rings (SSSR count). The highest BCUT2D eigenvalue weighted by Gasteiger charge is 2.20. The largest absolute Gasteiger partial charge is 0.494 e. The summed E-state index contributed by atoms with van der Waals surface area (Å²) in [6, 6.07) is 7.93. The topological polar surface area (TPSA) is 122 Å². The Morgan fingerprint density at radius 2 is 2.10 bits per heavy atom. The second-order valence-corrected chi connectivity index (χ2v) is 6.68. The minimum absolute atomic E-state index is 0.0267. The Bertz CT molecular complexity index is 1070. The summed E-state index contributed by atoms with van der Waals surface area (Å²) >= 11 is 1.05. The Balaban J connectivity index is 1.83. The van der Waals surface area contributed by atoms with Crippen LogP contribution in [0.2, 0.25) is 0 Å². The van der Waals surface area contributed by atoms with E-state index in [1.165, 1.54) is 36.1 Å². The van der Waals surface area contributed by atoms with Gasteiger partial charge in [0.15, 0.2) is 11.6 Å². The molecule has 0 atom stereocenters. The first-order valence-corrected chi connectivity index (χ1v) is 8.89. The molecule has 2 aromatic carbocycles. The third-order valence-electron chi connectivity index (χ3n) is 3.76. The second kappa shape index (κ2) is 8.65. The van der Waals surface area contributed by atoms with E-state index in [1.54, 1.807) is 13.1 Å². The molecule has 29 heavy (non-hydrogen) atoms. The minimum atomic E-state index is -0.803. The third kappa shape index (κ3) is 4.66. The quantitative estimate of drug-likeness (QED) is 0.323. The molecule has 0 amide bonds. The van der Waals surface area contributed by atoms with Crippen molar-refractivity contribution < 1.29 is 23.6 Å². The van der Waals surface area contributed by atoms with Crippen LogP contribution in [0.25, 0.3) is 0 Å². The highest BCUT2D eigenvalue weighted by molar-refractivity contribution is 7.99. The van der Waals surface area contributed by atoms with E-state index in [2.05, 4.69) is 15.5 Å². The fourth-order valence-corrected chi connectivity index (χ4v) is 3.14. The minimum Gasteiger partial charge on any atom is -0.494 e. The van der Waals surface area contributed by atoms with Crippen molar-refractivity contribution >= 4 is 23.4 Å². The average molecular weight is 419 g/mol. The van der Waals surface area contributed by atoms with E-state index in [-0.39, 0.29) is 23.6 Å². The van der Waals surface area contributed by atoms with Gasteiger partial charge in [-0.15, -0.1) is 5.10 Å². The van der Waals surface area contributed by atoms with Gasteiger partial charge >= 0.3 is 5.97 Å². The van der Waals surface area contributed by atoms with Crippen molar-refractivity contribution in [3.8, 4) is 5.75 Å². The average Bonchev–Trinajstić information content (AvgIpc) is 3.11. The fourth-order valence-electron chi connectivity index (χ4n) is 2.31. The van der Waals surface area contributed by atoms with Crippen molar-refractivity contribution in [1.29, 1.82) is 0 Å². The molecular formula is C17H14FN5O5S. The first-order valence-electron chi connectivity index (χ1n) is 8.07. The molecule has 0 unspecified atom stereocenters. The van der Waals surface area contributed by atoms with Crippen LogP contribution >= 0.6 is 11.8 Å². The predicted octanol–water partition coefficient (Wildman–Crippen LogP) is 2.77. The van der Waals surface area contributed by atoms with Crippen LogP contribution in [0.3, 0.4) is 0 Å². The number of nitrogens with zero attached hydrogens (tertiary/aromatic N) is 5. The van der Waals surface area contributed by atoms with Crippen LogP contribution < -0.4 is 4.74 Å². The van der Waals surface area contributed by atoms with Gasteiger partial charge < -0.3 is 9.47 Å². The highest BCUT2D eigenvalue weighted by atomic mass is 32.2. The fraction of sp³-hybridized carbons (Fsp3) is 0.176. The lowest BCUT2D eigenvalue weighted by molar-refractivity contribution is -0.384. The maximum absolute atomic E-state index is 13.8. The molecule has 10 nitrogen and oxygen atoms in total. The smallest absolute Gasteiger partial charge is 0.339 e. The number of esters is 1. The lowest BCUT2D eigenvalue weighted by atomic mass is 10.2. The number of tetrazole rings is 1. The highest BCUT2D eigenvalue weighted by Crippen LogP contribution is 2.31. The number of halogens is 1. The van der Waals surface area contributed by atoms with Crippen molar-refractivity contribution in [2.24, 2.45) is 7.05 Å². The van der Waals surface area contributed by atoms with Crippen LogP contribution in [-0.2, 0) is 18.4 Å². The Labute approximate surface area is 167 Å². The van der Waals surface area contributed by atoms with Gasteiger partial charge in [-0.25, -0.2) is 13.9 Å². The summed E-state index contributed by atoms with van der Waals surface area (Å²) < 4.78 is 25.2. The molecule has 0 saturated heterocycles. The lowest BCUT2D eigenvalue weighted by Crippen LogP contribution is -2.08. The molecule has 1 heterocycles. The summed E-state index contributed by atoms with van der Waals surface area (Å²) in [5.74, 6) is -1.33. The molecule has 0 spiro atoms. The van der Waals surface area contributed by atoms with Crippen molar-refractivity contribution in [2.75, 3.05) is 7.11 Å². The second-order valence-electron chi connectivity index (χ2n) is 5.67. The molecule has 0 aliphatic heterocycles. The van der Waals surface area contributed by atoms with E-state index in [4.69, 9.17) is 9.47 Å². The number of hydrogen-bond donors (Lipinski definition) is 0. The summed E-state index contributed by atoms with van der Waals surface area (Å²) in [6.45, 7) is -0.224. The third-order valence-corrected chi connectivity index (χ3v) is 4.87. The monoisotopic (exact) mass is 419 g/mol. The molecule has 0 radical (unpaired) electrons. The van der Waals surface area contributed by atoms with E-state index in [0.29, 0.717) is 15.6 Å². The zero-order valence-corrected chi connectivity index (χ0v) is 16.1. The lowest BCUT2D eigenvalue weighted by Gasteiger charge is -2.10. The zero-order chi connectivity index (χ0) is 21.0. The Kier molecular flexibility index (Phi) is 6.02. The van der Waals surface area contributed by atoms with Crippen LogP contribution in [0, 0.1) is 15.9 Å². The van der Waals surface area contributed by atoms with Gasteiger partial charge in [-0.1, -0.05) is 6.07 Å². The molecule has 0 aliphatic rings. The van der Waals surface area contributed by atoms with Crippen LogP contribution in [0.15, 0.2) is 46.5 Å². The Morgan fingerprint density at radius 1 is 1.31 bits per heavy atom. The molecule has 3 aromatic rings. The molecule has 0 bridgehead atoms. The first-order chi connectivity index (χ1) is 13.9. The van der Waals surface area contributed by atoms with E-state index in [9.17, 15) is 19.3 Å². The summed E-state index contributed by atoms with van der Waals surface area (Å²) in [6.07, 6.45) is 0. The summed E-state index contributed by atoms with van der Waals surface area (Å²) in [7, 11) is 2.95. The predicted molar refractivity (Wildman–Crippen MR) is 98.1 cm³/mol. The maximum Gasteiger partial charge on any atom is 0.339 e. The van der Waals surface area contributed by atoms with Gasteiger partial charge in [-0.05, 0) is 46.0 Å². The zero-order valence-electron chi connectivity index (χ0n) is 15.2. The van der Waals surface area contributed by atoms with Gasteiger partial charge in [0.1, 0.15) is 6.61 Å². The van der Waals surface area contributed by atoms with Crippen molar-refractivity contribution in [3.05, 3.63) is 63.5 Å². The van der Waals surface area contributed by atoms with E-state index < -0.39 is 16.7 Å². The number of carbonyl (C=O) groups excluding carboxylic acids is 1. The van der Waals surface area contributed by atoms with Crippen molar-refractivity contribution in [3.63, 3.8) is 0 Å². The molecular weight excluding hydrogens is 405 g/mol. The molecule has 0 N–H and O–H groups in total. The van der Waals surface area contributed by atoms with E-state index in [0.717, 1.165) is 17.8 Å². The van der Waals surface area contributed by atoms with Crippen molar-refractivity contribution in [1.82, 2.24) is 20.2 Å². The molecule has 0 saturated carbocycles. The van der Waals surface area contributed by atoms with Gasteiger partial charge in [0.2, 0.25) is 5.16 Å². The van der Waals surface area contributed by atoms with Crippen molar-refractivity contribution in [2.45, 2.75) is 16.7 Å². The molecule has 150 valence electrons. The maximum atomic E-state index is 13.8. The van der Waals surface area contributed by atoms with Crippen LogP contribution in [0.5, 0.6) is 5.75 Å². The molecule has 0 fully saturated rings. The van der Waals surface area contributed by atoms with E-state index >= 15 is 0 Å². The Hall–Kier alpha value is -3.54. The number of carbonyl (C=O) groups is 1. The standard InChI is InChI=1S/C17H14FN5O5S/c1-22-17(19-20-21-22)29-15-6-4-11(23(25)26)8-12(15)16(24)28-9-10-3-5-14(27-2)13(18)7-10/h3-8H,9H2,1-2H3. The Morgan fingerprint density at radius 3 is 2.72 bits per heavy atom. The van der Waals surface area contributed by atoms with Gasteiger partial charge in [-0.3, -0.25) is 10.1 Å². The van der Waals surface area contributed by atoms with Crippen LogP contribution in [0.4, 0.5) is 10.1 Å². The number of aryl methyl sites for hydroxylation is 1. The number of benzene rings is 2. The SMILES string of the molecule is COc1ccc(COC(=O)c2cc([N+](=O)[O-])ccc2Sc2nnnn2C)cc1F. The summed E-state index contributed by atoms with van der Waals surface area (Å²) in [5, 5.41) is 22.5. The van der Waals surface area contributed by atoms with Gasteiger partial charge in [0.25, 0.3) is 5.69 Å². The molecule has 0 aliphatic carbocycles. The molecule has 1 aromatic heterocycles. The van der Waals surface area contributed by atoms with Gasteiger partial charge in [0.05, 0.1) is 17.6 Å². The molecule has 12 heteroatoms. The summed E-state index contributed by atoms with van der Waals surface area (Å²) in [5.41, 5.74) is 0.0999. The normalized spacial score (nSPS) is 10.6. The first kappa shape index (κ1) is 20.2. The van der Waals surface area contributed by atoms with Crippen LogP contribution in [0.1, 0.15) is 15.9 Å². The number of nitro groups is 1. The number of hydrogen-bond acceptors (Lipinski definition) is 9.